The van der Waals surface area contributed by atoms with Crippen LogP contribution in [0.25, 0.3) is 0 Å². The lowest BCUT2D eigenvalue weighted by Crippen LogP contribution is -2.43. The second-order valence-corrected chi connectivity index (χ2v) is 7.27. The molecule has 2 aliphatic rings. The van der Waals surface area contributed by atoms with Crippen LogP contribution in [0.1, 0.15) is 27.2 Å². The van der Waals surface area contributed by atoms with Gasteiger partial charge in [0, 0.05) is 12.5 Å². The Labute approximate surface area is 107 Å². The van der Waals surface area contributed by atoms with Crippen molar-refractivity contribution in [2.45, 2.75) is 45.3 Å². The van der Waals surface area contributed by atoms with Gasteiger partial charge in [-0.05, 0) is 13.8 Å². The zero-order chi connectivity index (χ0) is 13.7. The molecule has 0 radical (unpaired) electrons. The molecule has 0 bridgehead atoms. The minimum atomic E-state index is -3.16. The molecule has 0 aliphatic carbocycles. The molecule has 0 aromatic carbocycles. The van der Waals surface area contributed by atoms with E-state index in [1.165, 1.54) is 4.90 Å². The van der Waals surface area contributed by atoms with Crippen LogP contribution in [0.5, 0.6) is 0 Å². The van der Waals surface area contributed by atoms with Crippen LogP contribution in [-0.4, -0.2) is 59.8 Å². The Morgan fingerprint density at radius 2 is 1.89 bits per heavy atom. The van der Waals surface area contributed by atoms with Gasteiger partial charge in [-0.25, -0.2) is 13.2 Å². The van der Waals surface area contributed by atoms with Crippen LogP contribution >= 0.6 is 0 Å². The lowest BCUT2D eigenvalue weighted by molar-refractivity contribution is -0.128. The van der Waals surface area contributed by atoms with E-state index in [1.807, 2.05) is 13.8 Å². The minimum absolute atomic E-state index is 0.0327. The minimum Gasteiger partial charge on any atom is -0.316 e. The largest absolute Gasteiger partial charge is 0.327 e. The van der Waals surface area contributed by atoms with Crippen molar-refractivity contribution in [1.29, 1.82) is 0 Å². The number of amides is 3. The molecule has 2 rings (SSSR count). The molecule has 0 spiro atoms. The summed E-state index contributed by atoms with van der Waals surface area (Å²) in [5, 5.41) is 0. The first-order chi connectivity index (χ1) is 8.28. The SMILES string of the molecule is CCC(=O)N1C(=O)N(C(C)C)[C@@H]2CS(=O)(=O)C[C@@H]21. The monoisotopic (exact) mass is 274 g/mol. The third kappa shape index (κ3) is 1.90. The van der Waals surface area contributed by atoms with Gasteiger partial charge in [0.1, 0.15) is 0 Å². The van der Waals surface area contributed by atoms with Gasteiger partial charge >= 0.3 is 6.03 Å². The summed E-state index contributed by atoms with van der Waals surface area (Å²) in [5.41, 5.74) is 0. The number of hydrogen-bond acceptors (Lipinski definition) is 4. The fourth-order valence-corrected chi connectivity index (χ4v) is 4.73. The Hall–Kier alpha value is -1.11. The first-order valence-corrected chi connectivity index (χ1v) is 7.95. The van der Waals surface area contributed by atoms with E-state index in [0.717, 1.165) is 4.90 Å². The molecule has 0 N–H and O–H groups in total. The molecule has 6 nitrogen and oxygen atoms in total. The summed E-state index contributed by atoms with van der Waals surface area (Å²) < 4.78 is 23.4. The molecule has 7 heteroatoms. The normalized spacial score (nSPS) is 30.1. The van der Waals surface area contributed by atoms with Gasteiger partial charge in [-0.15, -0.1) is 0 Å². The standard InChI is InChI=1S/C11H18N2O4S/c1-4-10(14)13-9-6-18(16,17)5-8(9)12(7(2)3)11(13)15/h7-9H,4-6H2,1-3H3/t8-,9+/m1/s1. The zero-order valence-corrected chi connectivity index (χ0v) is 11.6. The lowest BCUT2D eigenvalue weighted by atomic mass is 10.1. The van der Waals surface area contributed by atoms with Crippen molar-refractivity contribution in [2.24, 2.45) is 0 Å². The van der Waals surface area contributed by atoms with Crippen LogP contribution in [0.4, 0.5) is 4.79 Å². The molecule has 18 heavy (non-hydrogen) atoms. The van der Waals surface area contributed by atoms with Crippen molar-refractivity contribution < 1.29 is 18.0 Å². The van der Waals surface area contributed by atoms with Gasteiger partial charge < -0.3 is 4.90 Å². The van der Waals surface area contributed by atoms with Gasteiger partial charge in [0.05, 0.1) is 23.6 Å². The number of carbonyl (C=O) groups is 2. The molecule has 2 atom stereocenters. The number of rotatable bonds is 2. The molecular formula is C11H18N2O4S. The van der Waals surface area contributed by atoms with Crippen molar-refractivity contribution in [3.63, 3.8) is 0 Å². The van der Waals surface area contributed by atoms with Crippen molar-refractivity contribution in [2.75, 3.05) is 11.5 Å². The molecule has 2 aliphatic heterocycles. The Balaban J connectivity index is 2.39. The van der Waals surface area contributed by atoms with Gasteiger partial charge in [-0.2, -0.15) is 0 Å². The number of fused-ring (bicyclic) bond motifs is 1. The number of nitrogens with zero attached hydrogens (tertiary/aromatic N) is 2. The van der Waals surface area contributed by atoms with Gasteiger partial charge in [-0.3, -0.25) is 9.69 Å². The van der Waals surface area contributed by atoms with E-state index in [-0.39, 0.29) is 41.9 Å². The Bertz CT molecular complexity index is 485. The van der Waals surface area contributed by atoms with Crippen molar-refractivity contribution in [1.82, 2.24) is 9.80 Å². The number of hydrogen-bond donors (Lipinski definition) is 0. The molecule has 0 unspecified atom stereocenters. The zero-order valence-electron chi connectivity index (χ0n) is 10.8. The highest BCUT2D eigenvalue weighted by molar-refractivity contribution is 7.91. The summed E-state index contributed by atoms with van der Waals surface area (Å²) in [6.45, 7) is 5.34. The quantitative estimate of drug-likeness (QED) is 0.676. The topological polar surface area (TPSA) is 74.8 Å². The summed E-state index contributed by atoms with van der Waals surface area (Å²) >= 11 is 0. The molecule has 2 fully saturated rings. The van der Waals surface area contributed by atoms with E-state index in [2.05, 4.69) is 0 Å². The van der Waals surface area contributed by atoms with E-state index in [1.54, 1.807) is 6.92 Å². The van der Waals surface area contributed by atoms with Crippen LogP contribution in [0, 0.1) is 0 Å². The van der Waals surface area contributed by atoms with Gasteiger partial charge in [0.2, 0.25) is 5.91 Å². The van der Waals surface area contributed by atoms with E-state index in [4.69, 9.17) is 0 Å². The van der Waals surface area contributed by atoms with Crippen molar-refractivity contribution in [3.8, 4) is 0 Å². The lowest BCUT2D eigenvalue weighted by Gasteiger charge is -2.25. The fraction of sp³-hybridized carbons (Fsp3) is 0.818. The van der Waals surface area contributed by atoms with Crippen molar-refractivity contribution >= 4 is 21.8 Å². The highest BCUT2D eigenvalue weighted by Gasteiger charge is 2.55. The van der Waals surface area contributed by atoms with E-state index in [9.17, 15) is 18.0 Å². The fourth-order valence-electron chi connectivity index (χ4n) is 2.80. The smallest absolute Gasteiger partial charge is 0.316 e. The van der Waals surface area contributed by atoms with Crippen LogP contribution < -0.4 is 0 Å². The second kappa shape index (κ2) is 4.22. The molecular weight excluding hydrogens is 256 g/mol. The maximum atomic E-state index is 12.2. The van der Waals surface area contributed by atoms with E-state index in [0.29, 0.717) is 0 Å². The van der Waals surface area contributed by atoms with Crippen LogP contribution in [0.2, 0.25) is 0 Å². The first-order valence-electron chi connectivity index (χ1n) is 6.13. The van der Waals surface area contributed by atoms with E-state index >= 15 is 0 Å². The number of sulfone groups is 1. The number of urea groups is 1. The Morgan fingerprint density at radius 3 is 2.39 bits per heavy atom. The molecule has 0 saturated carbocycles. The molecule has 0 aromatic heterocycles. The van der Waals surface area contributed by atoms with Crippen LogP contribution in [0.15, 0.2) is 0 Å². The molecule has 3 amide bonds. The molecule has 102 valence electrons. The maximum absolute atomic E-state index is 12.2. The highest BCUT2D eigenvalue weighted by atomic mass is 32.2. The molecule has 0 aromatic rings. The maximum Gasteiger partial charge on any atom is 0.327 e. The van der Waals surface area contributed by atoms with Crippen LogP contribution in [-0.2, 0) is 14.6 Å². The Morgan fingerprint density at radius 1 is 1.33 bits per heavy atom. The number of imide groups is 1. The number of carbonyl (C=O) groups excluding carboxylic acids is 2. The summed E-state index contributed by atoms with van der Waals surface area (Å²) in [4.78, 5) is 26.7. The Kier molecular flexibility index (Phi) is 3.12. The predicted molar refractivity (Wildman–Crippen MR) is 65.7 cm³/mol. The molecule has 2 saturated heterocycles. The second-order valence-electron chi connectivity index (χ2n) is 5.11. The highest BCUT2D eigenvalue weighted by Crippen LogP contribution is 2.32. The van der Waals surface area contributed by atoms with Gasteiger partial charge in [-0.1, -0.05) is 6.92 Å². The third-order valence-corrected chi connectivity index (χ3v) is 5.24. The summed E-state index contributed by atoms with van der Waals surface area (Å²) in [6.07, 6.45) is 0.209. The van der Waals surface area contributed by atoms with Crippen molar-refractivity contribution in [3.05, 3.63) is 0 Å². The first kappa shape index (κ1) is 13.3. The summed E-state index contributed by atoms with van der Waals surface area (Å²) in [5.74, 6) is -0.428. The average molecular weight is 274 g/mol. The van der Waals surface area contributed by atoms with E-state index < -0.39 is 15.9 Å². The average Bonchev–Trinajstić information content (AvgIpc) is 2.65. The van der Waals surface area contributed by atoms with Crippen LogP contribution in [0.3, 0.4) is 0 Å². The summed E-state index contributed by atoms with van der Waals surface area (Å²) in [6, 6.07) is -1.33. The molecule has 2 heterocycles. The van der Waals surface area contributed by atoms with Gasteiger partial charge in [0.15, 0.2) is 9.84 Å². The summed E-state index contributed by atoms with van der Waals surface area (Å²) in [7, 11) is -3.16. The third-order valence-electron chi connectivity index (χ3n) is 3.54. The predicted octanol–water partition coefficient (Wildman–Crippen LogP) is 0.235. The van der Waals surface area contributed by atoms with Gasteiger partial charge in [0.25, 0.3) is 0 Å².